The number of carboxylic acid groups (broad SMARTS) is 1. The van der Waals surface area contributed by atoms with Crippen molar-refractivity contribution < 1.29 is 24.2 Å². The fraction of sp³-hybridized carbons (Fsp3) is 0.190. The van der Waals surface area contributed by atoms with Crippen LogP contribution in [0.25, 0.3) is 6.08 Å². The lowest BCUT2D eigenvalue weighted by Crippen LogP contribution is -2.35. The van der Waals surface area contributed by atoms with Crippen LogP contribution in [0.3, 0.4) is 0 Å². The predicted molar refractivity (Wildman–Crippen MR) is 109 cm³/mol. The van der Waals surface area contributed by atoms with E-state index in [4.69, 9.17) is 9.84 Å². The Hall–Kier alpha value is -3.81. The number of carbonyl (C=O) groups excluding carboxylic acids is 2. The molecular weight excluding hydrogens is 374 g/mol. The summed E-state index contributed by atoms with van der Waals surface area (Å²) >= 11 is 0. The normalized spacial score (nSPS) is 16.0. The van der Waals surface area contributed by atoms with Gasteiger partial charge in [0.25, 0.3) is 11.8 Å². The number of carboxylic acids is 1. The number of rotatable bonds is 6. The summed E-state index contributed by atoms with van der Waals surface area (Å²) in [6.07, 6.45) is 0.308. The quantitative estimate of drug-likeness (QED) is 0.574. The highest BCUT2D eigenvalue weighted by molar-refractivity contribution is 6.31. The molecule has 1 heterocycles. The molecule has 0 aromatic heterocycles. The van der Waals surface area contributed by atoms with Gasteiger partial charge >= 0.3 is 5.97 Å². The molecule has 0 saturated carbocycles. The highest BCUT2D eigenvalue weighted by Crippen LogP contribution is 2.29. The van der Waals surface area contributed by atoms with E-state index in [1.54, 1.807) is 42.5 Å². The third kappa shape index (κ3) is 4.21. The van der Waals surface area contributed by atoms with Gasteiger partial charge in [-0.3, -0.25) is 15.0 Å². The van der Waals surface area contributed by atoms with Crippen LogP contribution in [0.4, 0.5) is 11.4 Å². The molecule has 0 unspecified atom stereocenters. The largest absolute Gasteiger partial charge is 0.479 e. The number of anilines is 2. The Balaban J connectivity index is 1.99. The van der Waals surface area contributed by atoms with Gasteiger partial charge in [-0.25, -0.2) is 9.80 Å². The first-order valence-electron chi connectivity index (χ1n) is 8.91. The number of hydrogen-bond acceptors (Lipinski definition) is 5. The minimum Gasteiger partial charge on any atom is -0.479 e. The first-order valence-corrected chi connectivity index (χ1v) is 8.91. The van der Waals surface area contributed by atoms with Crippen LogP contribution < -0.4 is 20.1 Å². The topological polar surface area (TPSA) is 99.2 Å². The van der Waals surface area contributed by atoms with Crippen LogP contribution in [0.5, 0.6) is 5.75 Å². The Morgan fingerprint density at radius 1 is 1.17 bits per heavy atom. The van der Waals surface area contributed by atoms with Crippen LogP contribution in [-0.4, -0.2) is 43.1 Å². The lowest BCUT2D eigenvalue weighted by molar-refractivity contribution is -0.144. The molecule has 1 aliphatic heterocycles. The second kappa shape index (κ2) is 8.05. The van der Waals surface area contributed by atoms with Crippen LogP contribution in [0.2, 0.25) is 0 Å². The van der Waals surface area contributed by atoms with Crippen molar-refractivity contribution in [3.05, 3.63) is 59.7 Å². The molecule has 1 atom stereocenters. The first kappa shape index (κ1) is 19.9. The van der Waals surface area contributed by atoms with Crippen molar-refractivity contribution in [2.75, 3.05) is 24.0 Å². The number of ether oxygens (including phenoxy) is 1. The average Bonchev–Trinajstić information content (AvgIpc) is 2.97. The van der Waals surface area contributed by atoms with Crippen LogP contribution >= 0.6 is 0 Å². The number of aliphatic carboxylic acids is 1. The number of amides is 2. The van der Waals surface area contributed by atoms with Crippen molar-refractivity contribution in [3.8, 4) is 5.75 Å². The summed E-state index contributed by atoms with van der Waals surface area (Å²) in [5.41, 5.74) is 4.21. The highest BCUT2D eigenvalue weighted by atomic mass is 16.5. The van der Waals surface area contributed by atoms with E-state index >= 15 is 0 Å². The fourth-order valence-corrected chi connectivity index (χ4v) is 2.74. The Morgan fingerprint density at radius 2 is 1.86 bits per heavy atom. The second-order valence-electron chi connectivity index (χ2n) is 6.69. The Labute approximate surface area is 168 Å². The molecule has 2 aromatic carbocycles. The number of benzene rings is 2. The molecule has 1 saturated heterocycles. The third-order valence-corrected chi connectivity index (χ3v) is 4.37. The Bertz CT molecular complexity index is 985. The molecule has 8 heteroatoms. The molecule has 3 rings (SSSR count). The van der Waals surface area contributed by atoms with Gasteiger partial charge in [-0.15, -0.1) is 0 Å². The predicted octanol–water partition coefficient (Wildman–Crippen LogP) is 2.07. The molecule has 2 amide bonds. The van der Waals surface area contributed by atoms with Gasteiger partial charge in [-0.1, -0.05) is 18.2 Å². The molecule has 0 bridgehead atoms. The minimum absolute atomic E-state index is 0.0701. The minimum atomic E-state index is -1.12. The van der Waals surface area contributed by atoms with Crippen molar-refractivity contribution in [2.24, 2.45) is 0 Å². The SMILES string of the molecule is C[C@H](Oc1cc(N(C)C)ccc1/C=C1/C(=O)NN(c2ccccc2)C1=O)C(=O)O. The van der Waals surface area contributed by atoms with Gasteiger partial charge in [0.15, 0.2) is 6.10 Å². The van der Waals surface area contributed by atoms with E-state index in [2.05, 4.69) is 5.43 Å². The molecule has 0 aliphatic carbocycles. The van der Waals surface area contributed by atoms with E-state index in [1.165, 1.54) is 18.0 Å². The molecular formula is C21H21N3O5. The van der Waals surface area contributed by atoms with E-state index in [0.717, 1.165) is 5.69 Å². The van der Waals surface area contributed by atoms with Crippen molar-refractivity contribution in [2.45, 2.75) is 13.0 Å². The molecule has 2 aromatic rings. The van der Waals surface area contributed by atoms with E-state index in [0.29, 0.717) is 11.3 Å². The maximum atomic E-state index is 12.8. The van der Waals surface area contributed by atoms with E-state index in [9.17, 15) is 14.4 Å². The number of nitrogens with zero attached hydrogens (tertiary/aromatic N) is 2. The Morgan fingerprint density at radius 3 is 2.48 bits per heavy atom. The lowest BCUT2D eigenvalue weighted by Gasteiger charge is -2.18. The number of hydrogen-bond donors (Lipinski definition) is 2. The monoisotopic (exact) mass is 395 g/mol. The number of carbonyl (C=O) groups is 3. The van der Waals surface area contributed by atoms with Crippen LogP contribution in [-0.2, 0) is 14.4 Å². The molecule has 8 nitrogen and oxygen atoms in total. The lowest BCUT2D eigenvalue weighted by atomic mass is 10.1. The smallest absolute Gasteiger partial charge is 0.344 e. The zero-order chi connectivity index (χ0) is 21.1. The van der Waals surface area contributed by atoms with E-state index in [-0.39, 0.29) is 11.3 Å². The van der Waals surface area contributed by atoms with Gasteiger partial charge in [0.1, 0.15) is 11.3 Å². The number of para-hydroxylation sites is 1. The summed E-state index contributed by atoms with van der Waals surface area (Å²) < 4.78 is 5.56. The van der Waals surface area contributed by atoms with E-state index in [1.807, 2.05) is 25.1 Å². The summed E-state index contributed by atoms with van der Waals surface area (Å²) in [6.45, 7) is 1.41. The zero-order valence-electron chi connectivity index (χ0n) is 16.2. The average molecular weight is 395 g/mol. The molecule has 1 fully saturated rings. The zero-order valence-corrected chi connectivity index (χ0v) is 16.2. The van der Waals surface area contributed by atoms with Crippen molar-refractivity contribution in [3.63, 3.8) is 0 Å². The van der Waals surface area contributed by atoms with Gasteiger partial charge < -0.3 is 14.7 Å². The summed E-state index contributed by atoms with van der Waals surface area (Å²) in [5, 5.41) is 10.3. The summed E-state index contributed by atoms with van der Waals surface area (Å²) in [5.74, 6) is -1.91. The standard InChI is InChI=1S/C21H21N3O5/c1-13(21(27)28)29-18-12-16(23(2)3)10-9-14(18)11-17-19(25)22-24(20(17)26)15-7-5-4-6-8-15/h4-13H,1-3H3,(H,22,25)(H,27,28)/b17-11-/t13-/m0/s1. The fourth-order valence-electron chi connectivity index (χ4n) is 2.74. The van der Waals surface area contributed by atoms with Gasteiger partial charge in [0, 0.05) is 31.4 Å². The molecule has 2 N–H and O–H groups in total. The van der Waals surface area contributed by atoms with Crippen LogP contribution in [0, 0.1) is 0 Å². The maximum absolute atomic E-state index is 12.8. The molecule has 150 valence electrons. The third-order valence-electron chi connectivity index (χ3n) is 4.37. The molecule has 0 spiro atoms. The molecule has 29 heavy (non-hydrogen) atoms. The van der Waals surface area contributed by atoms with Crippen LogP contribution in [0.15, 0.2) is 54.1 Å². The van der Waals surface area contributed by atoms with Gasteiger partial charge in [0.2, 0.25) is 0 Å². The second-order valence-corrected chi connectivity index (χ2v) is 6.69. The highest BCUT2D eigenvalue weighted by Gasteiger charge is 2.34. The van der Waals surface area contributed by atoms with Crippen molar-refractivity contribution in [1.29, 1.82) is 0 Å². The molecule has 1 aliphatic rings. The van der Waals surface area contributed by atoms with Crippen LogP contribution in [0.1, 0.15) is 12.5 Å². The number of hydrazine groups is 1. The van der Waals surface area contributed by atoms with Gasteiger partial charge in [-0.2, -0.15) is 0 Å². The summed E-state index contributed by atoms with van der Waals surface area (Å²) in [4.78, 5) is 38.2. The number of nitrogens with one attached hydrogen (secondary N) is 1. The first-order chi connectivity index (χ1) is 13.8. The molecule has 0 radical (unpaired) electrons. The summed E-state index contributed by atoms with van der Waals surface area (Å²) in [6, 6.07) is 13.9. The summed E-state index contributed by atoms with van der Waals surface area (Å²) in [7, 11) is 3.67. The van der Waals surface area contributed by atoms with Gasteiger partial charge in [0.05, 0.1) is 5.69 Å². The van der Waals surface area contributed by atoms with Crippen molar-refractivity contribution >= 4 is 35.2 Å². The Kier molecular flexibility index (Phi) is 5.54. The maximum Gasteiger partial charge on any atom is 0.344 e. The van der Waals surface area contributed by atoms with Crippen molar-refractivity contribution in [1.82, 2.24) is 5.43 Å². The van der Waals surface area contributed by atoms with Gasteiger partial charge in [-0.05, 0) is 37.3 Å². The van der Waals surface area contributed by atoms with E-state index < -0.39 is 23.9 Å².